The second-order valence-corrected chi connectivity index (χ2v) is 9.47. The number of benzene rings is 2. The second kappa shape index (κ2) is 11.5. The van der Waals surface area contributed by atoms with Crippen LogP contribution in [0.15, 0.2) is 47.4 Å². The van der Waals surface area contributed by atoms with Gasteiger partial charge in [-0.25, -0.2) is 13.6 Å². The summed E-state index contributed by atoms with van der Waals surface area (Å²) in [6.45, 7) is 7.13. The van der Waals surface area contributed by atoms with Crippen LogP contribution in [0.25, 0.3) is 0 Å². The molecular formula is C23H32N4O5S. The molecule has 1 amide bonds. The van der Waals surface area contributed by atoms with E-state index in [2.05, 4.69) is 11.8 Å². The van der Waals surface area contributed by atoms with E-state index in [0.29, 0.717) is 37.7 Å². The summed E-state index contributed by atoms with van der Waals surface area (Å²) in [5, 5.41) is 5.54. The van der Waals surface area contributed by atoms with Crippen molar-refractivity contribution in [3.63, 3.8) is 0 Å². The van der Waals surface area contributed by atoms with E-state index in [0.717, 1.165) is 32.5 Å². The fourth-order valence-electron chi connectivity index (χ4n) is 3.67. The molecule has 33 heavy (non-hydrogen) atoms. The van der Waals surface area contributed by atoms with E-state index >= 15 is 0 Å². The highest BCUT2D eigenvalue weighted by Crippen LogP contribution is 2.39. The monoisotopic (exact) mass is 476 g/mol. The van der Waals surface area contributed by atoms with Crippen LogP contribution in [0.5, 0.6) is 11.5 Å². The van der Waals surface area contributed by atoms with Crippen LogP contribution in [-0.4, -0.2) is 65.2 Å². The van der Waals surface area contributed by atoms with E-state index in [1.54, 1.807) is 30.3 Å². The number of nitrogens with two attached hydrogens (primary N) is 2. The quantitative estimate of drug-likeness (QED) is 0.508. The molecule has 2 aromatic carbocycles. The van der Waals surface area contributed by atoms with Gasteiger partial charge in [-0.2, -0.15) is 0 Å². The molecule has 1 aliphatic rings. The first-order chi connectivity index (χ1) is 15.8. The summed E-state index contributed by atoms with van der Waals surface area (Å²) in [6.07, 6.45) is 1.82. The standard InChI is InChI=1S/C23H32N4O5S/c1-2-3-9-27(11-10-26-12-14-31-15-13-26)20-16-18(23(24)28)17-21(33(25,29)30)22(20)32-19-7-5-4-6-8-19/h4-8,16-17H,2-3,9-15H2,1H3,(H2,24,28)(H2,25,29,30). The number of amides is 1. The number of carbonyl (C=O) groups is 1. The minimum absolute atomic E-state index is 0.0577. The summed E-state index contributed by atoms with van der Waals surface area (Å²) in [5.41, 5.74) is 6.06. The number of anilines is 1. The third-order valence-corrected chi connectivity index (χ3v) is 6.42. The first-order valence-electron chi connectivity index (χ1n) is 11.1. The first-order valence-corrected chi connectivity index (χ1v) is 12.6. The van der Waals surface area contributed by atoms with Crippen LogP contribution in [0.2, 0.25) is 0 Å². The average molecular weight is 477 g/mol. The van der Waals surface area contributed by atoms with Gasteiger partial charge in [-0.3, -0.25) is 9.69 Å². The fraction of sp³-hybridized carbons (Fsp3) is 0.435. The molecule has 0 atom stereocenters. The van der Waals surface area contributed by atoms with E-state index in [1.165, 1.54) is 6.07 Å². The molecule has 0 unspecified atom stereocenters. The maximum absolute atomic E-state index is 12.5. The van der Waals surface area contributed by atoms with Gasteiger partial charge in [0.05, 0.1) is 18.9 Å². The molecule has 0 radical (unpaired) electrons. The van der Waals surface area contributed by atoms with Crippen molar-refractivity contribution in [2.75, 3.05) is 50.8 Å². The Labute approximate surface area is 195 Å². The molecule has 0 aromatic heterocycles. The number of para-hydroxylation sites is 1. The minimum Gasteiger partial charge on any atom is -0.454 e. The number of nitrogens with zero attached hydrogens (tertiary/aromatic N) is 2. The molecule has 0 saturated carbocycles. The molecule has 1 saturated heterocycles. The lowest BCUT2D eigenvalue weighted by molar-refractivity contribution is 0.0391. The Balaban J connectivity index is 2.08. The summed E-state index contributed by atoms with van der Waals surface area (Å²) >= 11 is 0. The van der Waals surface area contributed by atoms with Crippen molar-refractivity contribution < 1.29 is 22.7 Å². The SMILES string of the molecule is CCCCN(CCN1CCOCC1)c1cc(C(N)=O)cc(S(N)(=O)=O)c1Oc1ccccc1. The van der Waals surface area contributed by atoms with Crippen molar-refractivity contribution in [3.05, 3.63) is 48.0 Å². The number of primary sulfonamides is 1. The molecule has 3 rings (SSSR count). The number of primary amides is 1. The van der Waals surface area contributed by atoms with Gasteiger partial charge in [0.1, 0.15) is 10.6 Å². The normalized spacial score (nSPS) is 14.7. The molecule has 0 aliphatic carbocycles. The van der Waals surface area contributed by atoms with Crippen molar-refractivity contribution in [2.45, 2.75) is 24.7 Å². The van der Waals surface area contributed by atoms with E-state index < -0.39 is 15.9 Å². The molecule has 180 valence electrons. The molecule has 0 bridgehead atoms. The van der Waals surface area contributed by atoms with Crippen LogP contribution in [0, 0.1) is 0 Å². The summed E-state index contributed by atoms with van der Waals surface area (Å²) in [5.74, 6) is -0.193. The molecule has 0 spiro atoms. The van der Waals surface area contributed by atoms with Gasteiger partial charge >= 0.3 is 0 Å². The maximum Gasteiger partial charge on any atom is 0.248 e. The molecule has 9 nitrogen and oxygen atoms in total. The predicted molar refractivity (Wildman–Crippen MR) is 127 cm³/mol. The number of rotatable bonds is 11. The Bertz CT molecular complexity index is 1040. The number of unbranched alkanes of at least 4 members (excludes halogenated alkanes) is 1. The number of carbonyl (C=O) groups excluding carboxylic acids is 1. The van der Waals surface area contributed by atoms with Crippen LogP contribution >= 0.6 is 0 Å². The van der Waals surface area contributed by atoms with E-state index in [-0.39, 0.29) is 16.2 Å². The lowest BCUT2D eigenvalue weighted by Crippen LogP contribution is -2.42. The van der Waals surface area contributed by atoms with E-state index in [1.807, 2.05) is 11.0 Å². The highest BCUT2D eigenvalue weighted by molar-refractivity contribution is 7.89. The van der Waals surface area contributed by atoms with Gasteiger partial charge in [0.2, 0.25) is 15.9 Å². The summed E-state index contributed by atoms with van der Waals surface area (Å²) < 4.78 is 36.5. The van der Waals surface area contributed by atoms with Gasteiger partial charge < -0.3 is 20.1 Å². The van der Waals surface area contributed by atoms with E-state index in [9.17, 15) is 13.2 Å². The smallest absolute Gasteiger partial charge is 0.248 e. The average Bonchev–Trinajstić information content (AvgIpc) is 2.80. The Kier molecular flexibility index (Phi) is 8.67. The van der Waals surface area contributed by atoms with E-state index in [4.69, 9.17) is 20.3 Å². The first kappa shape index (κ1) is 25.0. The molecule has 1 fully saturated rings. The minimum atomic E-state index is -4.21. The molecule has 10 heteroatoms. The highest BCUT2D eigenvalue weighted by atomic mass is 32.2. The third kappa shape index (κ3) is 6.91. The van der Waals surface area contributed by atoms with Gasteiger partial charge in [-0.1, -0.05) is 31.5 Å². The summed E-state index contributed by atoms with van der Waals surface area (Å²) in [4.78, 5) is 16.1. The second-order valence-electron chi connectivity index (χ2n) is 7.94. The Hall–Kier alpha value is -2.66. The van der Waals surface area contributed by atoms with Crippen molar-refractivity contribution in [1.29, 1.82) is 0 Å². The largest absolute Gasteiger partial charge is 0.454 e. The Morgan fingerprint density at radius 2 is 1.85 bits per heavy atom. The van der Waals surface area contributed by atoms with Crippen molar-refractivity contribution in [2.24, 2.45) is 10.9 Å². The highest BCUT2D eigenvalue weighted by Gasteiger charge is 2.26. The lowest BCUT2D eigenvalue weighted by atomic mass is 10.1. The van der Waals surface area contributed by atoms with Gasteiger partial charge in [0, 0.05) is 38.3 Å². The fourth-order valence-corrected chi connectivity index (χ4v) is 4.37. The Morgan fingerprint density at radius 1 is 1.15 bits per heavy atom. The zero-order valence-electron chi connectivity index (χ0n) is 18.9. The number of ether oxygens (including phenoxy) is 2. The lowest BCUT2D eigenvalue weighted by Gasteiger charge is -2.32. The molecule has 2 aromatic rings. The third-order valence-electron chi connectivity index (χ3n) is 5.50. The molecular weight excluding hydrogens is 444 g/mol. The van der Waals surface area contributed by atoms with Crippen molar-refractivity contribution >= 4 is 21.6 Å². The Morgan fingerprint density at radius 3 is 2.45 bits per heavy atom. The predicted octanol–water partition coefficient (Wildman–Crippen LogP) is 2.16. The van der Waals surface area contributed by atoms with Gasteiger partial charge in [0.15, 0.2) is 5.75 Å². The topological polar surface area (TPSA) is 128 Å². The number of sulfonamides is 1. The molecule has 1 heterocycles. The van der Waals surface area contributed by atoms with Gasteiger partial charge in [0.25, 0.3) is 0 Å². The van der Waals surface area contributed by atoms with Crippen LogP contribution in [0.1, 0.15) is 30.1 Å². The number of hydrogen-bond donors (Lipinski definition) is 2. The molecule has 4 N–H and O–H groups in total. The molecule has 1 aliphatic heterocycles. The maximum atomic E-state index is 12.5. The summed E-state index contributed by atoms with van der Waals surface area (Å²) in [7, 11) is -4.21. The zero-order valence-corrected chi connectivity index (χ0v) is 19.7. The van der Waals surface area contributed by atoms with Crippen LogP contribution in [0.4, 0.5) is 5.69 Å². The number of hydrogen-bond acceptors (Lipinski definition) is 7. The number of morpholine rings is 1. The van der Waals surface area contributed by atoms with Crippen molar-refractivity contribution in [1.82, 2.24) is 4.90 Å². The van der Waals surface area contributed by atoms with Gasteiger partial charge in [-0.05, 0) is 30.7 Å². The van der Waals surface area contributed by atoms with Crippen LogP contribution in [0.3, 0.4) is 0 Å². The zero-order chi connectivity index (χ0) is 23.8. The van der Waals surface area contributed by atoms with Crippen molar-refractivity contribution in [3.8, 4) is 11.5 Å². The van der Waals surface area contributed by atoms with Crippen LogP contribution < -0.4 is 20.5 Å². The van der Waals surface area contributed by atoms with Crippen LogP contribution in [-0.2, 0) is 14.8 Å². The summed E-state index contributed by atoms with van der Waals surface area (Å²) in [6, 6.07) is 11.6. The van der Waals surface area contributed by atoms with Gasteiger partial charge in [-0.15, -0.1) is 0 Å².